The van der Waals surface area contributed by atoms with Gasteiger partial charge in [0.1, 0.15) is 5.82 Å². The van der Waals surface area contributed by atoms with Gasteiger partial charge in [0.05, 0.1) is 5.92 Å². The first-order valence-corrected chi connectivity index (χ1v) is 7.56. The Bertz CT molecular complexity index is 688. The van der Waals surface area contributed by atoms with Crippen LogP contribution in [0.15, 0.2) is 42.5 Å². The zero-order valence-electron chi connectivity index (χ0n) is 12.9. The number of fused-ring (bicyclic) bond motifs is 1. The van der Waals surface area contributed by atoms with E-state index in [2.05, 4.69) is 16.7 Å². The van der Waals surface area contributed by atoms with Crippen molar-refractivity contribution >= 4 is 29.7 Å². The summed E-state index contributed by atoms with van der Waals surface area (Å²) in [5.41, 5.74) is 4.05. The van der Waals surface area contributed by atoms with E-state index >= 15 is 0 Å². The monoisotopic (exact) mass is 334 g/mol. The second-order valence-electron chi connectivity index (χ2n) is 5.66. The lowest BCUT2D eigenvalue weighted by molar-refractivity contribution is -0.117. The molecule has 1 aliphatic rings. The summed E-state index contributed by atoms with van der Waals surface area (Å²) in [6.07, 6.45) is 2.16. The number of halogens is 2. The highest BCUT2D eigenvalue weighted by Crippen LogP contribution is 2.27. The molecule has 1 atom stereocenters. The van der Waals surface area contributed by atoms with E-state index in [0.717, 1.165) is 24.9 Å². The molecule has 3 nitrogen and oxygen atoms in total. The fraction of sp³-hybridized carbons (Fsp3) is 0.278. The lowest BCUT2D eigenvalue weighted by atomic mass is 9.94. The van der Waals surface area contributed by atoms with Gasteiger partial charge < -0.3 is 10.6 Å². The lowest BCUT2D eigenvalue weighted by Gasteiger charge is -2.20. The van der Waals surface area contributed by atoms with Gasteiger partial charge in [-0.3, -0.25) is 4.79 Å². The molecule has 2 aromatic carbocycles. The number of nitrogens with one attached hydrogen (secondary N) is 2. The molecule has 1 aliphatic heterocycles. The van der Waals surface area contributed by atoms with Crippen molar-refractivity contribution in [3.63, 3.8) is 0 Å². The minimum atomic E-state index is -0.312. The molecule has 3 rings (SSSR count). The number of rotatable bonds is 3. The fourth-order valence-corrected chi connectivity index (χ4v) is 2.70. The van der Waals surface area contributed by atoms with E-state index in [4.69, 9.17) is 0 Å². The molecule has 0 saturated carbocycles. The highest BCUT2D eigenvalue weighted by Gasteiger charge is 2.18. The van der Waals surface area contributed by atoms with Crippen LogP contribution in [0.5, 0.6) is 0 Å². The summed E-state index contributed by atoms with van der Waals surface area (Å²) in [5, 5.41) is 6.19. The summed E-state index contributed by atoms with van der Waals surface area (Å²) in [6, 6.07) is 12.0. The summed E-state index contributed by atoms with van der Waals surface area (Å²) in [5.74, 6) is -0.652. The first kappa shape index (κ1) is 17.3. The van der Waals surface area contributed by atoms with E-state index in [1.165, 1.54) is 23.4 Å². The van der Waals surface area contributed by atoms with Gasteiger partial charge in [-0.2, -0.15) is 0 Å². The number of aryl methyl sites for hydroxylation is 1. The average molecular weight is 335 g/mol. The predicted octanol–water partition coefficient (Wildman–Crippen LogP) is 4.35. The Kier molecular flexibility index (Phi) is 5.61. The second-order valence-corrected chi connectivity index (χ2v) is 5.66. The molecular formula is C18H20ClFN2O. The van der Waals surface area contributed by atoms with Crippen molar-refractivity contribution in [3.05, 3.63) is 59.4 Å². The number of benzene rings is 2. The third-order valence-electron chi connectivity index (χ3n) is 4.07. The maximum absolute atomic E-state index is 12.9. The zero-order chi connectivity index (χ0) is 15.5. The molecule has 0 radical (unpaired) electrons. The maximum Gasteiger partial charge on any atom is 0.231 e. The number of amides is 1. The number of carbonyl (C=O) groups is 1. The molecule has 1 heterocycles. The molecule has 0 aliphatic carbocycles. The molecule has 5 heteroatoms. The Morgan fingerprint density at radius 2 is 1.96 bits per heavy atom. The number of carbonyl (C=O) groups excluding carboxylic acids is 1. The van der Waals surface area contributed by atoms with Gasteiger partial charge in [0, 0.05) is 17.9 Å². The predicted molar refractivity (Wildman–Crippen MR) is 93.9 cm³/mol. The van der Waals surface area contributed by atoms with Crippen molar-refractivity contribution in [2.45, 2.75) is 25.7 Å². The van der Waals surface area contributed by atoms with Crippen LogP contribution in [-0.2, 0) is 11.2 Å². The van der Waals surface area contributed by atoms with Gasteiger partial charge in [-0.1, -0.05) is 12.1 Å². The first-order chi connectivity index (χ1) is 10.6. The minimum Gasteiger partial charge on any atom is -0.385 e. The molecule has 0 spiro atoms. The van der Waals surface area contributed by atoms with E-state index in [-0.39, 0.29) is 30.0 Å². The Morgan fingerprint density at radius 1 is 1.22 bits per heavy atom. The summed E-state index contributed by atoms with van der Waals surface area (Å²) in [7, 11) is 0. The topological polar surface area (TPSA) is 41.1 Å². The van der Waals surface area contributed by atoms with Crippen LogP contribution in [0.2, 0.25) is 0 Å². The minimum absolute atomic E-state index is 0. The van der Waals surface area contributed by atoms with Crippen molar-refractivity contribution < 1.29 is 9.18 Å². The van der Waals surface area contributed by atoms with Gasteiger partial charge in [0.2, 0.25) is 5.91 Å². The standard InChI is InChI=1S/C18H19FN2O.ClH/c1-12(18(22)21-16-7-5-15(19)6-8-16)13-4-9-17-14(11-13)3-2-10-20-17;/h4-9,11-12,20H,2-3,10H2,1H3,(H,21,22);1H. The second kappa shape index (κ2) is 7.47. The lowest BCUT2D eigenvalue weighted by Crippen LogP contribution is -2.19. The Hall–Kier alpha value is -2.07. The molecule has 0 aromatic heterocycles. The molecule has 0 saturated heterocycles. The summed E-state index contributed by atoms with van der Waals surface area (Å²) in [6.45, 7) is 2.89. The quantitative estimate of drug-likeness (QED) is 0.876. The molecule has 23 heavy (non-hydrogen) atoms. The van der Waals surface area contributed by atoms with Crippen LogP contribution in [0, 0.1) is 5.82 Å². The van der Waals surface area contributed by atoms with Crippen molar-refractivity contribution in [3.8, 4) is 0 Å². The zero-order valence-corrected chi connectivity index (χ0v) is 13.8. The summed E-state index contributed by atoms with van der Waals surface area (Å²) < 4.78 is 12.9. The Labute approximate surface area is 141 Å². The maximum atomic E-state index is 12.9. The first-order valence-electron chi connectivity index (χ1n) is 7.56. The Morgan fingerprint density at radius 3 is 2.70 bits per heavy atom. The van der Waals surface area contributed by atoms with Crippen molar-refractivity contribution in [2.75, 3.05) is 17.2 Å². The highest BCUT2D eigenvalue weighted by molar-refractivity contribution is 5.95. The van der Waals surface area contributed by atoms with E-state index in [9.17, 15) is 9.18 Å². The normalized spacial score (nSPS) is 14.0. The van der Waals surface area contributed by atoms with Gasteiger partial charge in [0.25, 0.3) is 0 Å². The van der Waals surface area contributed by atoms with E-state index in [1.807, 2.05) is 19.1 Å². The van der Waals surface area contributed by atoms with Crippen molar-refractivity contribution in [1.82, 2.24) is 0 Å². The highest BCUT2D eigenvalue weighted by atomic mass is 35.5. The molecule has 0 bridgehead atoms. The van der Waals surface area contributed by atoms with Crippen LogP contribution in [0.3, 0.4) is 0 Å². The van der Waals surface area contributed by atoms with Crippen LogP contribution in [0.1, 0.15) is 30.4 Å². The smallest absolute Gasteiger partial charge is 0.231 e. The fourth-order valence-electron chi connectivity index (χ4n) is 2.70. The van der Waals surface area contributed by atoms with Gasteiger partial charge in [-0.05, 0) is 61.2 Å². The van der Waals surface area contributed by atoms with Gasteiger partial charge >= 0.3 is 0 Å². The SMILES string of the molecule is CC(C(=O)Nc1ccc(F)cc1)c1ccc2c(c1)CCCN2.Cl. The summed E-state index contributed by atoms with van der Waals surface area (Å²) >= 11 is 0. The molecule has 0 fully saturated rings. The van der Waals surface area contributed by atoms with Crippen LogP contribution in [0.4, 0.5) is 15.8 Å². The van der Waals surface area contributed by atoms with Gasteiger partial charge in [0.15, 0.2) is 0 Å². The average Bonchev–Trinajstić information content (AvgIpc) is 2.55. The molecule has 2 aromatic rings. The van der Waals surface area contributed by atoms with Crippen LogP contribution >= 0.6 is 12.4 Å². The van der Waals surface area contributed by atoms with E-state index < -0.39 is 0 Å². The van der Waals surface area contributed by atoms with E-state index in [0.29, 0.717) is 5.69 Å². The Balaban J connectivity index is 0.00000192. The molecule has 1 amide bonds. The molecule has 2 N–H and O–H groups in total. The molecular weight excluding hydrogens is 315 g/mol. The van der Waals surface area contributed by atoms with Crippen LogP contribution in [0.25, 0.3) is 0 Å². The molecule has 122 valence electrons. The summed E-state index contributed by atoms with van der Waals surface area (Å²) in [4.78, 5) is 12.3. The van der Waals surface area contributed by atoms with Gasteiger partial charge in [-0.15, -0.1) is 12.4 Å². The van der Waals surface area contributed by atoms with Crippen LogP contribution < -0.4 is 10.6 Å². The third-order valence-corrected chi connectivity index (χ3v) is 4.07. The van der Waals surface area contributed by atoms with Crippen LogP contribution in [-0.4, -0.2) is 12.5 Å². The molecule has 1 unspecified atom stereocenters. The van der Waals surface area contributed by atoms with E-state index in [1.54, 1.807) is 12.1 Å². The van der Waals surface area contributed by atoms with Crippen molar-refractivity contribution in [2.24, 2.45) is 0 Å². The number of hydrogen-bond acceptors (Lipinski definition) is 2. The number of hydrogen-bond donors (Lipinski definition) is 2. The van der Waals surface area contributed by atoms with Crippen molar-refractivity contribution in [1.29, 1.82) is 0 Å². The number of anilines is 2. The largest absolute Gasteiger partial charge is 0.385 e. The third kappa shape index (κ3) is 4.02. The van der Waals surface area contributed by atoms with Gasteiger partial charge in [-0.25, -0.2) is 4.39 Å².